The molecule has 1 heterocycles. The molecule has 2 N–H and O–H groups in total. The number of thiazole rings is 1. The van der Waals surface area contributed by atoms with E-state index in [0.29, 0.717) is 6.54 Å². The summed E-state index contributed by atoms with van der Waals surface area (Å²) in [6.45, 7) is 3.93. The fourth-order valence-electron chi connectivity index (χ4n) is 1.28. The Morgan fingerprint density at radius 3 is 2.63 bits per heavy atom. The van der Waals surface area contributed by atoms with Crippen molar-refractivity contribution >= 4 is 29.1 Å². The highest BCUT2D eigenvalue weighted by Crippen LogP contribution is 2.10. The lowest BCUT2D eigenvalue weighted by Crippen LogP contribution is -2.45. The van der Waals surface area contributed by atoms with Gasteiger partial charge in [-0.05, 0) is 13.8 Å². The lowest BCUT2D eigenvalue weighted by atomic mass is 10.3. The quantitative estimate of drug-likeness (QED) is 0.817. The number of nitrogens with one attached hydrogen (secondary N) is 1. The number of carbonyl (C=O) groups is 3. The molecule has 0 aromatic carbocycles. The normalized spacial score (nSPS) is 11.7. The Hall–Kier alpha value is -1.96. The van der Waals surface area contributed by atoms with Crippen molar-refractivity contribution in [2.75, 3.05) is 13.6 Å². The fourth-order valence-corrected chi connectivity index (χ4v) is 1.98. The van der Waals surface area contributed by atoms with Gasteiger partial charge in [-0.1, -0.05) is 0 Å². The van der Waals surface area contributed by atoms with Crippen LogP contribution in [0.15, 0.2) is 5.38 Å². The molecule has 7 nitrogen and oxygen atoms in total. The highest BCUT2D eigenvalue weighted by Gasteiger charge is 2.21. The molecule has 1 aromatic heterocycles. The van der Waals surface area contributed by atoms with E-state index in [1.807, 2.05) is 6.92 Å². The second-order valence-electron chi connectivity index (χ2n) is 3.89. The van der Waals surface area contributed by atoms with Crippen LogP contribution in [-0.4, -0.2) is 52.4 Å². The van der Waals surface area contributed by atoms with Crippen LogP contribution in [0, 0.1) is 0 Å². The monoisotopic (exact) mass is 285 g/mol. The van der Waals surface area contributed by atoms with Crippen molar-refractivity contribution < 1.29 is 19.5 Å². The Morgan fingerprint density at radius 2 is 2.16 bits per heavy atom. The van der Waals surface area contributed by atoms with Gasteiger partial charge in [-0.25, -0.2) is 9.78 Å². The zero-order chi connectivity index (χ0) is 14.6. The van der Waals surface area contributed by atoms with Gasteiger partial charge in [0.15, 0.2) is 10.7 Å². The minimum Gasteiger partial charge on any atom is -0.476 e. The second-order valence-corrected chi connectivity index (χ2v) is 4.75. The first-order valence-corrected chi connectivity index (χ1v) is 6.49. The van der Waals surface area contributed by atoms with Crippen LogP contribution in [0.2, 0.25) is 0 Å². The van der Waals surface area contributed by atoms with Crippen molar-refractivity contribution in [2.24, 2.45) is 0 Å². The van der Waals surface area contributed by atoms with E-state index in [9.17, 15) is 14.4 Å². The first-order valence-electron chi connectivity index (χ1n) is 5.61. The van der Waals surface area contributed by atoms with Gasteiger partial charge in [-0.15, -0.1) is 11.3 Å². The maximum atomic E-state index is 11.8. The van der Waals surface area contributed by atoms with E-state index in [1.54, 1.807) is 14.0 Å². The third-order valence-corrected chi connectivity index (χ3v) is 3.33. The molecule has 2 amide bonds. The number of carboxylic acids is 1. The summed E-state index contributed by atoms with van der Waals surface area (Å²) < 4.78 is 0. The molecule has 1 rings (SSSR count). The molecule has 0 aliphatic heterocycles. The number of rotatable bonds is 5. The molecule has 104 valence electrons. The fraction of sp³-hybridized carbons (Fsp3) is 0.455. The Kier molecular flexibility index (Phi) is 4.99. The Morgan fingerprint density at radius 1 is 1.53 bits per heavy atom. The van der Waals surface area contributed by atoms with Gasteiger partial charge in [-0.3, -0.25) is 9.59 Å². The predicted octanol–water partition coefficient (Wildman–Crippen LogP) is 0.438. The molecule has 1 unspecified atom stereocenters. The van der Waals surface area contributed by atoms with Gasteiger partial charge in [0.1, 0.15) is 6.04 Å². The summed E-state index contributed by atoms with van der Waals surface area (Å²) in [5.41, 5.74) is -0.181. The number of nitrogens with zero attached hydrogens (tertiary/aromatic N) is 2. The Balaban J connectivity index is 2.68. The topological polar surface area (TPSA) is 99.6 Å². The van der Waals surface area contributed by atoms with Gasteiger partial charge in [0.25, 0.3) is 5.91 Å². The van der Waals surface area contributed by atoms with Crippen molar-refractivity contribution in [1.82, 2.24) is 15.2 Å². The van der Waals surface area contributed by atoms with E-state index in [0.717, 1.165) is 11.3 Å². The van der Waals surface area contributed by atoms with Crippen molar-refractivity contribution in [2.45, 2.75) is 19.9 Å². The average molecular weight is 285 g/mol. The predicted molar refractivity (Wildman–Crippen MR) is 69.3 cm³/mol. The molecule has 0 radical (unpaired) electrons. The Labute approximate surface area is 114 Å². The van der Waals surface area contributed by atoms with E-state index in [2.05, 4.69) is 10.3 Å². The molecule has 1 aromatic rings. The van der Waals surface area contributed by atoms with Crippen LogP contribution in [0.25, 0.3) is 0 Å². The number of amides is 2. The summed E-state index contributed by atoms with van der Waals surface area (Å²) in [4.78, 5) is 39.3. The number of hydrogen-bond donors (Lipinski definition) is 2. The lowest BCUT2D eigenvalue weighted by Gasteiger charge is -2.20. The summed E-state index contributed by atoms with van der Waals surface area (Å²) >= 11 is 0.925. The SMILES string of the molecule is CCN(C)C(=O)C(C)NC(=O)c1nc(C(=O)O)cs1. The molecule has 0 aliphatic carbocycles. The van der Waals surface area contributed by atoms with Gasteiger partial charge in [0.05, 0.1) is 0 Å². The van der Waals surface area contributed by atoms with Crippen LogP contribution < -0.4 is 5.32 Å². The molecule has 0 aliphatic rings. The molecule has 0 spiro atoms. The highest BCUT2D eigenvalue weighted by molar-refractivity contribution is 7.11. The molecule has 19 heavy (non-hydrogen) atoms. The maximum Gasteiger partial charge on any atom is 0.355 e. The van der Waals surface area contributed by atoms with E-state index in [1.165, 1.54) is 10.3 Å². The average Bonchev–Trinajstić information content (AvgIpc) is 2.86. The first-order chi connectivity index (χ1) is 8.86. The van der Waals surface area contributed by atoms with Crippen LogP contribution >= 0.6 is 11.3 Å². The summed E-state index contributed by atoms with van der Waals surface area (Å²) in [5, 5.41) is 12.5. The van der Waals surface area contributed by atoms with Crippen LogP contribution in [0.5, 0.6) is 0 Å². The minimum atomic E-state index is -1.19. The molecular weight excluding hydrogens is 270 g/mol. The molecular formula is C11H15N3O4S. The van der Waals surface area contributed by atoms with Crippen LogP contribution in [-0.2, 0) is 4.79 Å². The molecule has 0 saturated carbocycles. The van der Waals surface area contributed by atoms with Crippen LogP contribution in [0.1, 0.15) is 34.1 Å². The van der Waals surface area contributed by atoms with E-state index in [-0.39, 0.29) is 16.6 Å². The summed E-state index contributed by atoms with van der Waals surface area (Å²) in [5.74, 6) is -1.96. The lowest BCUT2D eigenvalue weighted by molar-refractivity contribution is -0.131. The smallest absolute Gasteiger partial charge is 0.355 e. The van der Waals surface area contributed by atoms with Crippen LogP contribution in [0.4, 0.5) is 0 Å². The minimum absolute atomic E-state index is 0.0243. The standard InChI is InChI=1S/C11H15N3O4S/c1-4-14(3)10(16)6(2)12-8(15)9-13-7(5-19-9)11(17)18/h5-6H,4H2,1-3H3,(H,12,15)(H,17,18). The van der Waals surface area contributed by atoms with Crippen LogP contribution in [0.3, 0.4) is 0 Å². The third-order valence-electron chi connectivity index (χ3n) is 2.49. The molecule has 1 atom stereocenters. The number of carboxylic acid groups (broad SMARTS) is 1. The summed E-state index contributed by atoms with van der Waals surface area (Å²) in [6, 6.07) is -0.686. The highest BCUT2D eigenvalue weighted by atomic mass is 32.1. The first kappa shape index (κ1) is 15.1. The van der Waals surface area contributed by atoms with Gasteiger partial charge in [0, 0.05) is 19.0 Å². The van der Waals surface area contributed by atoms with Crippen molar-refractivity contribution in [3.8, 4) is 0 Å². The molecule has 0 saturated heterocycles. The summed E-state index contributed by atoms with van der Waals surface area (Å²) in [6.07, 6.45) is 0. The largest absolute Gasteiger partial charge is 0.476 e. The zero-order valence-electron chi connectivity index (χ0n) is 10.8. The number of carbonyl (C=O) groups excluding carboxylic acids is 2. The number of aromatic nitrogens is 1. The van der Waals surface area contributed by atoms with Gasteiger partial charge < -0.3 is 15.3 Å². The van der Waals surface area contributed by atoms with E-state index in [4.69, 9.17) is 5.11 Å². The number of hydrogen-bond acceptors (Lipinski definition) is 5. The van der Waals surface area contributed by atoms with Gasteiger partial charge in [0.2, 0.25) is 5.91 Å². The van der Waals surface area contributed by atoms with Gasteiger partial charge in [-0.2, -0.15) is 0 Å². The summed E-state index contributed by atoms with van der Waals surface area (Å²) in [7, 11) is 1.64. The van der Waals surface area contributed by atoms with Crippen molar-refractivity contribution in [3.05, 3.63) is 16.1 Å². The second kappa shape index (κ2) is 6.28. The molecule has 0 fully saturated rings. The van der Waals surface area contributed by atoms with E-state index < -0.39 is 17.9 Å². The number of aromatic carboxylic acids is 1. The third kappa shape index (κ3) is 3.75. The number of likely N-dealkylation sites (N-methyl/N-ethyl adjacent to an activating group) is 1. The molecule has 0 bridgehead atoms. The molecule has 8 heteroatoms. The maximum absolute atomic E-state index is 11.8. The van der Waals surface area contributed by atoms with E-state index >= 15 is 0 Å². The van der Waals surface area contributed by atoms with Gasteiger partial charge >= 0.3 is 5.97 Å². The van der Waals surface area contributed by atoms with Crippen molar-refractivity contribution in [1.29, 1.82) is 0 Å². The Bertz CT molecular complexity index is 500. The zero-order valence-corrected chi connectivity index (χ0v) is 11.7. The van der Waals surface area contributed by atoms with Crippen molar-refractivity contribution in [3.63, 3.8) is 0 Å².